The molecule has 0 fully saturated rings. The molecule has 2 aromatic heterocycles. The molecule has 0 saturated carbocycles. The van der Waals surface area contributed by atoms with Crippen molar-refractivity contribution in [3.05, 3.63) is 93.3 Å². The first-order valence-corrected chi connectivity index (χ1v) is 16.1. The van der Waals surface area contributed by atoms with E-state index in [4.69, 9.17) is 16.3 Å². The highest BCUT2D eigenvalue weighted by Gasteiger charge is 2.25. The van der Waals surface area contributed by atoms with Crippen molar-refractivity contribution in [1.82, 2.24) is 30.1 Å². The number of fused-ring (bicyclic) bond motifs is 1. The maximum atomic E-state index is 13.4. The highest BCUT2D eigenvalue weighted by atomic mass is 35.5. The van der Waals surface area contributed by atoms with Crippen LogP contribution in [0.4, 0.5) is 11.4 Å². The van der Waals surface area contributed by atoms with Gasteiger partial charge < -0.3 is 35.5 Å². The van der Waals surface area contributed by atoms with E-state index in [9.17, 15) is 14.4 Å². The number of amides is 3. The minimum absolute atomic E-state index is 0.0810. The van der Waals surface area contributed by atoms with Gasteiger partial charge in [-0.05, 0) is 54.4 Å². The number of aromatic nitrogens is 3. The van der Waals surface area contributed by atoms with Gasteiger partial charge in [0, 0.05) is 83.4 Å². The third-order valence-corrected chi connectivity index (χ3v) is 8.78. The molecule has 12 nitrogen and oxygen atoms in total. The quantitative estimate of drug-likeness (QED) is 0.163. The summed E-state index contributed by atoms with van der Waals surface area (Å²) in [6, 6.07) is 12.8. The standard InChI is InChI=1S/C35H41ClN8O4/c1-21-25(26-9-7-11-28(32(26)36)42-35(47)33-40-30-19-43(3)15-12-31(30)44(33)4)8-6-10-27(21)41-34(46)29-16-23(20-48-5)24(18-39-29)17-37-13-14-38-22(2)45/h6-11,16,18,37H,12-15,17,19-20H2,1-5H3,(H,38,45)(H,41,46)(H,42,47). The average Bonchev–Trinajstić information content (AvgIpc) is 3.38. The number of methoxy groups -OCH3 is 1. The van der Waals surface area contributed by atoms with Crippen molar-refractivity contribution >= 4 is 40.7 Å². The van der Waals surface area contributed by atoms with Gasteiger partial charge in [0.05, 0.1) is 23.0 Å². The van der Waals surface area contributed by atoms with E-state index in [0.29, 0.717) is 60.6 Å². The van der Waals surface area contributed by atoms with Crippen molar-refractivity contribution in [3.8, 4) is 11.1 Å². The maximum Gasteiger partial charge on any atom is 0.291 e. The van der Waals surface area contributed by atoms with Crippen LogP contribution in [0, 0.1) is 6.92 Å². The monoisotopic (exact) mass is 672 g/mol. The molecule has 0 radical (unpaired) electrons. The lowest BCUT2D eigenvalue weighted by Gasteiger charge is -2.21. The smallest absolute Gasteiger partial charge is 0.291 e. The van der Waals surface area contributed by atoms with Gasteiger partial charge in [0.1, 0.15) is 5.69 Å². The molecule has 0 unspecified atom stereocenters. The van der Waals surface area contributed by atoms with Gasteiger partial charge in [-0.3, -0.25) is 19.4 Å². The van der Waals surface area contributed by atoms with E-state index < -0.39 is 0 Å². The van der Waals surface area contributed by atoms with Crippen LogP contribution in [0.3, 0.4) is 0 Å². The van der Waals surface area contributed by atoms with Crippen molar-refractivity contribution in [2.45, 2.75) is 40.0 Å². The number of rotatable bonds is 12. The van der Waals surface area contributed by atoms with E-state index in [1.807, 2.05) is 55.9 Å². The van der Waals surface area contributed by atoms with E-state index in [1.54, 1.807) is 25.4 Å². The minimum Gasteiger partial charge on any atom is -0.380 e. The molecule has 0 spiro atoms. The lowest BCUT2D eigenvalue weighted by atomic mass is 9.98. The molecular formula is C35H41ClN8O4. The van der Waals surface area contributed by atoms with Gasteiger partial charge in [0.25, 0.3) is 11.8 Å². The van der Waals surface area contributed by atoms with Crippen LogP contribution < -0.4 is 21.3 Å². The van der Waals surface area contributed by atoms with Crippen molar-refractivity contribution in [2.75, 3.05) is 44.4 Å². The maximum absolute atomic E-state index is 13.4. The molecule has 0 aliphatic carbocycles. The Bertz CT molecular complexity index is 1840. The summed E-state index contributed by atoms with van der Waals surface area (Å²) in [4.78, 5) is 49.1. The number of ether oxygens (including phenoxy) is 1. The third kappa shape index (κ3) is 7.91. The summed E-state index contributed by atoms with van der Waals surface area (Å²) in [6.07, 6.45) is 2.50. The summed E-state index contributed by atoms with van der Waals surface area (Å²) in [5, 5.41) is 12.3. The molecule has 4 N–H and O–H groups in total. The van der Waals surface area contributed by atoms with Gasteiger partial charge >= 0.3 is 0 Å². The summed E-state index contributed by atoms with van der Waals surface area (Å²) >= 11 is 6.91. The second-order valence-corrected chi connectivity index (χ2v) is 12.2. The zero-order chi connectivity index (χ0) is 34.4. The first-order valence-electron chi connectivity index (χ1n) is 15.7. The van der Waals surface area contributed by atoms with Crippen LogP contribution in [0.1, 0.15) is 56.1 Å². The zero-order valence-corrected chi connectivity index (χ0v) is 28.6. The highest BCUT2D eigenvalue weighted by Crippen LogP contribution is 2.37. The first kappa shape index (κ1) is 34.7. The summed E-state index contributed by atoms with van der Waals surface area (Å²) < 4.78 is 7.23. The summed E-state index contributed by atoms with van der Waals surface area (Å²) in [7, 11) is 5.50. The number of carbonyl (C=O) groups excluding carboxylic acids is 3. The van der Waals surface area contributed by atoms with Crippen LogP contribution in [0.2, 0.25) is 5.02 Å². The number of nitrogens with zero attached hydrogens (tertiary/aromatic N) is 4. The Hall–Kier alpha value is -4.62. The fraction of sp³-hybridized carbons (Fsp3) is 0.343. The number of likely N-dealkylation sites (N-methyl/N-ethyl adjacent to an activating group) is 1. The molecule has 4 aromatic rings. The van der Waals surface area contributed by atoms with Crippen molar-refractivity contribution in [2.24, 2.45) is 7.05 Å². The minimum atomic E-state index is -0.367. The number of hydrogen-bond acceptors (Lipinski definition) is 8. The number of carbonyl (C=O) groups is 3. The second kappa shape index (κ2) is 15.5. The Balaban J connectivity index is 1.31. The van der Waals surface area contributed by atoms with E-state index >= 15 is 0 Å². The number of nitrogens with one attached hydrogen (secondary N) is 4. The van der Waals surface area contributed by atoms with Crippen molar-refractivity contribution in [3.63, 3.8) is 0 Å². The molecule has 0 bridgehead atoms. The molecule has 13 heteroatoms. The van der Waals surface area contributed by atoms with Gasteiger partial charge in [0.2, 0.25) is 5.91 Å². The van der Waals surface area contributed by atoms with E-state index in [-0.39, 0.29) is 23.4 Å². The molecular weight excluding hydrogens is 632 g/mol. The number of halogens is 1. The van der Waals surface area contributed by atoms with Gasteiger partial charge in [0.15, 0.2) is 5.82 Å². The fourth-order valence-corrected chi connectivity index (χ4v) is 6.05. The summed E-state index contributed by atoms with van der Waals surface area (Å²) in [5.74, 6) is -0.444. The van der Waals surface area contributed by atoms with Crippen LogP contribution >= 0.6 is 11.6 Å². The molecule has 3 amide bonds. The zero-order valence-electron chi connectivity index (χ0n) is 27.9. The third-order valence-electron chi connectivity index (χ3n) is 8.38. The lowest BCUT2D eigenvalue weighted by molar-refractivity contribution is -0.118. The average molecular weight is 673 g/mol. The van der Waals surface area contributed by atoms with Gasteiger partial charge in [-0.25, -0.2) is 4.98 Å². The van der Waals surface area contributed by atoms with Crippen molar-refractivity contribution < 1.29 is 19.1 Å². The van der Waals surface area contributed by atoms with Gasteiger partial charge in [-0.15, -0.1) is 0 Å². The fourth-order valence-electron chi connectivity index (χ4n) is 5.77. The van der Waals surface area contributed by atoms with E-state index in [2.05, 4.69) is 36.1 Å². The predicted octanol–water partition coefficient (Wildman–Crippen LogP) is 4.31. The molecule has 252 valence electrons. The Morgan fingerprint density at radius 1 is 0.979 bits per heavy atom. The second-order valence-electron chi connectivity index (χ2n) is 11.9. The molecule has 3 heterocycles. The molecule has 1 aliphatic heterocycles. The number of benzene rings is 2. The molecule has 5 rings (SSSR count). The molecule has 0 atom stereocenters. The SMILES string of the molecule is COCc1cc(C(=O)Nc2cccc(-c3cccc(NC(=O)c4nc5c(n4C)CCN(C)C5)c3Cl)c2C)ncc1CNCCNC(C)=O. The van der Waals surface area contributed by atoms with Crippen LogP contribution in [-0.2, 0) is 42.7 Å². The summed E-state index contributed by atoms with van der Waals surface area (Å²) in [5.41, 5.74) is 7.34. The lowest BCUT2D eigenvalue weighted by Crippen LogP contribution is -2.30. The molecule has 48 heavy (non-hydrogen) atoms. The Morgan fingerprint density at radius 2 is 1.71 bits per heavy atom. The van der Waals surface area contributed by atoms with Crippen LogP contribution in [0.25, 0.3) is 11.1 Å². The van der Waals surface area contributed by atoms with Crippen LogP contribution in [-0.4, -0.2) is 70.9 Å². The Labute approximate surface area is 285 Å². The largest absolute Gasteiger partial charge is 0.380 e. The van der Waals surface area contributed by atoms with E-state index in [1.165, 1.54) is 6.92 Å². The van der Waals surface area contributed by atoms with Crippen molar-refractivity contribution in [1.29, 1.82) is 0 Å². The Kier molecular flexibility index (Phi) is 11.2. The topological polar surface area (TPSA) is 143 Å². The van der Waals surface area contributed by atoms with Crippen LogP contribution in [0.5, 0.6) is 0 Å². The van der Waals surface area contributed by atoms with Gasteiger partial charge in [-0.1, -0.05) is 35.9 Å². The normalized spacial score (nSPS) is 12.8. The Morgan fingerprint density at radius 3 is 2.46 bits per heavy atom. The number of anilines is 2. The van der Waals surface area contributed by atoms with E-state index in [0.717, 1.165) is 46.6 Å². The predicted molar refractivity (Wildman–Crippen MR) is 186 cm³/mol. The molecule has 1 aliphatic rings. The molecule has 2 aromatic carbocycles. The van der Waals surface area contributed by atoms with Gasteiger partial charge in [-0.2, -0.15) is 0 Å². The summed E-state index contributed by atoms with van der Waals surface area (Å²) in [6.45, 7) is 6.92. The number of pyridine rings is 1. The first-order chi connectivity index (χ1) is 23.1. The number of hydrogen-bond donors (Lipinski definition) is 4. The molecule has 0 saturated heterocycles. The van der Waals surface area contributed by atoms with Crippen LogP contribution in [0.15, 0.2) is 48.7 Å². The number of imidazole rings is 1. The highest BCUT2D eigenvalue weighted by molar-refractivity contribution is 6.36.